The van der Waals surface area contributed by atoms with Crippen LogP contribution < -0.4 is 5.32 Å². The largest absolute Gasteiger partial charge is 0.453 e. The number of rotatable bonds is 6. The summed E-state index contributed by atoms with van der Waals surface area (Å²) in [4.78, 5) is 23.3. The topological polar surface area (TPSA) is 92.8 Å². The van der Waals surface area contributed by atoms with Gasteiger partial charge in [0.25, 0.3) is 5.91 Å². The van der Waals surface area contributed by atoms with E-state index in [4.69, 9.17) is 4.74 Å². The molecule has 2 rings (SSSR count). The zero-order valence-corrected chi connectivity index (χ0v) is 14.6. The first kappa shape index (κ1) is 18.4. The van der Waals surface area contributed by atoms with Crippen molar-refractivity contribution in [1.29, 1.82) is 0 Å². The molecule has 0 radical (unpaired) electrons. The van der Waals surface area contributed by atoms with Crippen LogP contribution in [0.5, 0.6) is 0 Å². The van der Waals surface area contributed by atoms with Gasteiger partial charge in [-0.25, -0.2) is 8.42 Å². The standard InChI is InChI=1S/C16H22N2O5S/c1-3-15(19)23-12(2)16(20)17-13-6-8-14(9-7-13)24(21,22)18-10-4-5-11-18/h6-9,12H,3-5,10-11H2,1-2H3,(H,17,20)/t12-/m1/s1. The molecule has 1 aromatic carbocycles. The Morgan fingerprint density at radius 1 is 1.21 bits per heavy atom. The Balaban J connectivity index is 2.01. The number of anilines is 1. The summed E-state index contributed by atoms with van der Waals surface area (Å²) < 4.78 is 31.2. The van der Waals surface area contributed by atoms with E-state index in [2.05, 4.69) is 5.32 Å². The molecular formula is C16H22N2O5S. The Bertz CT molecular complexity index is 694. The average Bonchev–Trinajstić information content (AvgIpc) is 3.10. The van der Waals surface area contributed by atoms with Gasteiger partial charge in [-0.05, 0) is 44.0 Å². The van der Waals surface area contributed by atoms with Gasteiger partial charge in [-0.2, -0.15) is 4.31 Å². The second-order valence-corrected chi connectivity index (χ2v) is 7.55. The van der Waals surface area contributed by atoms with Gasteiger partial charge in [0.2, 0.25) is 10.0 Å². The number of nitrogens with one attached hydrogen (secondary N) is 1. The lowest BCUT2D eigenvalue weighted by atomic mass is 10.3. The van der Waals surface area contributed by atoms with E-state index in [1.54, 1.807) is 6.92 Å². The van der Waals surface area contributed by atoms with Crippen molar-refractivity contribution in [2.24, 2.45) is 0 Å². The molecule has 1 heterocycles. The maximum atomic E-state index is 12.4. The van der Waals surface area contributed by atoms with Crippen molar-refractivity contribution < 1.29 is 22.7 Å². The first-order valence-corrected chi connectivity index (χ1v) is 9.39. The Morgan fingerprint density at radius 2 is 1.79 bits per heavy atom. The first-order valence-electron chi connectivity index (χ1n) is 7.95. The molecule has 1 fully saturated rings. The smallest absolute Gasteiger partial charge is 0.306 e. The molecule has 1 N–H and O–H groups in total. The fourth-order valence-corrected chi connectivity index (χ4v) is 3.88. The molecule has 24 heavy (non-hydrogen) atoms. The van der Waals surface area contributed by atoms with Gasteiger partial charge in [0.1, 0.15) is 0 Å². The quantitative estimate of drug-likeness (QED) is 0.786. The summed E-state index contributed by atoms with van der Waals surface area (Å²) >= 11 is 0. The van der Waals surface area contributed by atoms with Crippen molar-refractivity contribution >= 4 is 27.6 Å². The number of hydrogen-bond donors (Lipinski definition) is 1. The maximum absolute atomic E-state index is 12.4. The molecular weight excluding hydrogens is 332 g/mol. The number of benzene rings is 1. The van der Waals surface area contributed by atoms with Gasteiger partial charge in [-0.1, -0.05) is 6.92 Å². The van der Waals surface area contributed by atoms with Gasteiger partial charge in [0.15, 0.2) is 6.10 Å². The number of hydrogen-bond acceptors (Lipinski definition) is 5. The van der Waals surface area contributed by atoms with Crippen LogP contribution in [0.15, 0.2) is 29.2 Å². The minimum Gasteiger partial charge on any atom is -0.453 e. The molecule has 1 amide bonds. The summed E-state index contributed by atoms with van der Waals surface area (Å²) in [5, 5.41) is 2.59. The van der Waals surface area contributed by atoms with E-state index in [0.29, 0.717) is 18.8 Å². The highest BCUT2D eigenvalue weighted by molar-refractivity contribution is 7.89. The van der Waals surface area contributed by atoms with Crippen LogP contribution in [0.3, 0.4) is 0 Å². The van der Waals surface area contributed by atoms with Crippen LogP contribution in [0.4, 0.5) is 5.69 Å². The zero-order valence-electron chi connectivity index (χ0n) is 13.8. The molecule has 1 aliphatic rings. The van der Waals surface area contributed by atoms with Crippen molar-refractivity contribution in [2.45, 2.75) is 44.1 Å². The molecule has 1 aliphatic heterocycles. The van der Waals surface area contributed by atoms with E-state index in [1.165, 1.54) is 35.5 Å². The van der Waals surface area contributed by atoms with Crippen molar-refractivity contribution in [2.75, 3.05) is 18.4 Å². The normalized spacial score (nSPS) is 16.6. The molecule has 132 valence electrons. The fourth-order valence-electron chi connectivity index (χ4n) is 2.37. The maximum Gasteiger partial charge on any atom is 0.306 e. The number of sulfonamides is 1. The molecule has 0 saturated carbocycles. The molecule has 0 unspecified atom stereocenters. The third kappa shape index (κ3) is 4.33. The van der Waals surface area contributed by atoms with Gasteiger partial charge in [-0.15, -0.1) is 0 Å². The Kier molecular flexibility index (Phi) is 5.95. The Hall–Kier alpha value is -1.93. The predicted molar refractivity (Wildman–Crippen MR) is 88.9 cm³/mol. The lowest BCUT2D eigenvalue weighted by Crippen LogP contribution is -2.30. The third-order valence-electron chi connectivity index (χ3n) is 3.79. The molecule has 1 aromatic rings. The molecule has 0 bridgehead atoms. The average molecular weight is 354 g/mol. The van der Waals surface area contributed by atoms with Crippen LogP contribution in [0, 0.1) is 0 Å². The van der Waals surface area contributed by atoms with Crippen LogP contribution in [0.2, 0.25) is 0 Å². The Labute approximate surface area is 142 Å². The summed E-state index contributed by atoms with van der Waals surface area (Å²) in [6, 6.07) is 5.97. The molecule has 8 heteroatoms. The lowest BCUT2D eigenvalue weighted by molar-refractivity contribution is -0.152. The monoisotopic (exact) mass is 354 g/mol. The number of carbonyl (C=O) groups is 2. The van der Waals surface area contributed by atoms with Crippen molar-refractivity contribution in [1.82, 2.24) is 4.31 Å². The molecule has 0 spiro atoms. The molecule has 1 atom stereocenters. The summed E-state index contributed by atoms with van der Waals surface area (Å²) in [6.07, 6.45) is 1.04. The van der Waals surface area contributed by atoms with Crippen LogP contribution >= 0.6 is 0 Å². The van der Waals surface area contributed by atoms with Gasteiger partial charge >= 0.3 is 5.97 Å². The second kappa shape index (κ2) is 7.76. The van der Waals surface area contributed by atoms with Crippen LogP contribution in [-0.4, -0.2) is 43.8 Å². The van der Waals surface area contributed by atoms with E-state index in [0.717, 1.165) is 12.8 Å². The van der Waals surface area contributed by atoms with E-state index in [9.17, 15) is 18.0 Å². The number of nitrogens with zero attached hydrogens (tertiary/aromatic N) is 1. The molecule has 1 saturated heterocycles. The van der Waals surface area contributed by atoms with E-state index in [1.807, 2.05) is 0 Å². The lowest BCUT2D eigenvalue weighted by Gasteiger charge is -2.16. The van der Waals surface area contributed by atoms with Crippen molar-refractivity contribution in [3.8, 4) is 0 Å². The van der Waals surface area contributed by atoms with Gasteiger partial charge in [0.05, 0.1) is 4.90 Å². The van der Waals surface area contributed by atoms with E-state index < -0.39 is 28.0 Å². The van der Waals surface area contributed by atoms with Crippen molar-refractivity contribution in [3.05, 3.63) is 24.3 Å². The fraction of sp³-hybridized carbons (Fsp3) is 0.500. The predicted octanol–water partition coefficient (Wildman–Crippen LogP) is 1.75. The van der Waals surface area contributed by atoms with E-state index >= 15 is 0 Å². The third-order valence-corrected chi connectivity index (χ3v) is 5.70. The number of carbonyl (C=O) groups excluding carboxylic acids is 2. The minimum absolute atomic E-state index is 0.195. The highest BCUT2D eigenvalue weighted by Gasteiger charge is 2.27. The SMILES string of the molecule is CCC(=O)O[C@H](C)C(=O)Nc1ccc(S(=O)(=O)N2CCCC2)cc1. The zero-order chi connectivity index (χ0) is 17.7. The molecule has 0 aromatic heterocycles. The first-order chi connectivity index (χ1) is 11.3. The summed E-state index contributed by atoms with van der Waals surface area (Å²) in [5.74, 6) is -0.920. The summed E-state index contributed by atoms with van der Waals surface area (Å²) in [5.41, 5.74) is 0.444. The van der Waals surface area contributed by atoms with Gasteiger partial charge in [0, 0.05) is 25.2 Å². The van der Waals surface area contributed by atoms with Crippen molar-refractivity contribution in [3.63, 3.8) is 0 Å². The van der Waals surface area contributed by atoms with Crippen LogP contribution in [0.25, 0.3) is 0 Å². The summed E-state index contributed by atoms with van der Waals surface area (Å²) in [6.45, 7) is 4.21. The van der Waals surface area contributed by atoms with Gasteiger partial charge in [-0.3, -0.25) is 9.59 Å². The minimum atomic E-state index is -3.47. The van der Waals surface area contributed by atoms with E-state index in [-0.39, 0.29) is 11.3 Å². The van der Waals surface area contributed by atoms with Crippen LogP contribution in [-0.2, 0) is 24.3 Å². The highest BCUT2D eigenvalue weighted by Crippen LogP contribution is 2.22. The second-order valence-electron chi connectivity index (χ2n) is 5.61. The number of amides is 1. The summed E-state index contributed by atoms with van der Waals surface area (Å²) in [7, 11) is -3.47. The number of ether oxygens (including phenoxy) is 1. The molecule has 0 aliphatic carbocycles. The molecule has 7 nitrogen and oxygen atoms in total. The van der Waals surface area contributed by atoms with Gasteiger partial charge < -0.3 is 10.1 Å². The highest BCUT2D eigenvalue weighted by atomic mass is 32.2. The van der Waals surface area contributed by atoms with Crippen LogP contribution in [0.1, 0.15) is 33.1 Å². The Morgan fingerprint density at radius 3 is 2.33 bits per heavy atom. The number of esters is 1.